The van der Waals surface area contributed by atoms with Gasteiger partial charge < -0.3 is 0 Å². The summed E-state index contributed by atoms with van der Waals surface area (Å²) in [6, 6.07) is 29.1. The summed E-state index contributed by atoms with van der Waals surface area (Å²) in [5.41, 5.74) is 4.28. The Morgan fingerprint density at radius 3 is 1.77 bits per heavy atom. The molecule has 126 valence electrons. The molecule has 3 nitrogen and oxygen atoms in total. The average Bonchev–Trinajstić information content (AvgIpc) is 3.11. The van der Waals surface area contributed by atoms with E-state index >= 15 is 0 Å². The van der Waals surface area contributed by atoms with Crippen LogP contribution in [0.25, 0.3) is 28.2 Å². The fourth-order valence-corrected chi connectivity index (χ4v) is 3.20. The van der Waals surface area contributed by atoms with Crippen LogP contribution in [0.15, 0.2) is 91.0 Å². The minimum absolute atomic E-state index is 0.410. The van der Waals surface area contributed by atoms with E-state index in [4.69, 9.17) is 16.7 Å². The highest BCUT2D eigenvalue weighted by Crippen LogP contribution is 2.35. The molecule has 0 bridgehead atoms. The van der Waals surface area contributed by atoms with Crippen molar-refractivity contribution in [2.75, 3.05) is 0 Å². The van der Waals surface area contributed by atoms with E-state index in [1.54, 1.807) is 4.68 Å². The Labute approximate surface area is 156 Å². The maximum Gasteiger partial charge on any atom is 0.256 e. The number of rotatable bonds is 4. The summed E-state index contributed by atoms with van der Waals surface area (Å²) in [5, 5.41) is 4.24. The van der Waals surface area contributed by atoms with Crippen molar-refractivity contribution in [3.63, 3.8) is 0 Å². The lowest BCUT2D eigenvalue weighted by Gasteiger charge is -2.08. The number of hydrogen-bond acceptors (Lipinski definition) is 2. The Bertz CT molecular complexity index is 1040. The van der Waals surface area contributed by atoms with Gasteiger partial charge in [-0.15, -0.1) is 0 Å². The first-order valence-electron chi connectivity index (χ1n) is 8.25. The number of nitrogens with zero attached hydrogens (tertiary/aromatic N) is 2. The van der Waals surface area contributed by atoms with E-state index in [1.165, 1.54) is 0 Å². The van der Waals surface area contributed by atoms with Gasteiger partial charge in [-0.3, -0.25) is 4.79 Å². The number of para-hydroxylation sites is 1. The largest absolute Gasteiger partial charge is 0.275 e. The van der Waals surface area contributed by atoms with Gasteiger partial charge in [-0.2, -0.15) is 5.10 Å². The first kappa shape index (κ1) is 16.3. The van der Waals surface area contributed by atoms with Gasteiger partial charge in [0.25, 0.3) is 5.24 Å². The van der Waals surface area contributed by atoms with Crippen LogP contribution in [0.5, 0.6) is 0 Å². The Kier molecular flexibility index (Phi) is 4.38. The molecule has 0 atom stereocenters. The standard InChI is InChI=1S/C22H15ClN2O/c23-22(26)19-20(16-10-4-1-5-11-16)24-25(18-14-8-3-9-15-18)21(19)17-12-6-2-7-13-17/h1-15H. The van der Waals surface area contributed by atoms with Crippen molar-refractivity contribution in [2.45, 2.75) is 0 Å². The first-order chi connectivity index (χ1) is 12.8. The topological polar surface area (TPSA) is 34.9 Å². The van der Waals surface area contributed by atoms with Crippen LogP contribution in [0.4, 0.5) is 0 Å². The van der Waals surface area contributed by atoms with Crippen LogP contribution < -0.4 is 0 Å². The molecule has 0 saturated heterocycles. The van der Waals surface area contributed by atoms with E-state index in [-0.39, 0.29) is 0 Å². The SMILES string of the molecule is O=C(Cl)c1c(-c2ccccc2)nn(-c2ccccc2)c1-c1ccccc1. The zero-order valence-corrected chi connectivity index (χ0v) is 14.6. The van der Waals surface area contributed by atoms with E-state index in [0.717, 1.165) is 16.8 Å². The third-order valence-electron chi connectivity index (χ3n) is 4.18. The Morgan fingerprint density at radius 2 is 1.23 bits per heavy atom. The summed E-state index contributed by atoms with van der Waals surface area (Å²) in [4.78, 5) is 12.4. The van der Waals surface area contributed by atoms with Gasteiger partial charge in [0.05, 0.1) is 16.9 Å². The van der Waals surface area contributed by atoms with Crippen molar-refractivity contribution in [3.8, 4) is 28.2 Å². The molecular formula is C22H15ClN2O. The van der Waals surface area contributed by atoms with Gasteiger partial charge in [-0.1, -0.05) is 78.9 Å². The van der Waals surface area contributed by atoms with Crippen molar-refractivity contribution in [1.29, 1.82) is 0 Å². The van der Waals surface area contributed by atoms with E-state index in [2.05, 4.69) is 0 Å². The molecule has 1 aromatic heterocycles. The molecule has 0 N–H and O–H groups in total. The molecule has 4 heteroatoms. The van der Waals surface area contributed by atoms with Gasteiger partial charge in [0.1, 0.15) is 5.69 Å². The summed E-state index contributed by atoms with van der Waals surface area (Å²) in [6.07, 6.45) is 0. The molecule has 0 aliphatic heterocycles. The van der Waals surface area contributed by atoms with Gasteiger partial charge in [0.2, 0.25) is 0 Å². The summed E-state index contributed by atoms with van der Waals surface area (Å²) >= 11 is 6.02. The van der Waals surface area contributed by atoms with Gasteiger partial charge in [-0.25, -0.2) is 4.68 Å². The number of halogens is 1. The molecule has 0 spiro atoms. The second kappa shape index (κ2) is 6.98. The third kappa shape index (κ3) is 2.93. The maximum atomic E-state index is 12.4. The van der Waals surface area contributed by atoms with Crippen LogP contribution in [-0.2, 0) is 0 Å². The highest BCUT2D eigenvalue weighted by molar-refractivity contribution is 6.68. The molecule has 4 aromatic rings. The number of benzene rings is 3. The Morgan fingerprint density at radius 1 is 0.731 bits per heavy atom. The first-order valence-corrected chi connectivity index (χ1v) is 8.62. The second-order valence-corrected chi connectivity index (χ2v) is 6.17. The van der Waals surface area contributed by atoms with Crippen molar-refractivity contribution < 1.29 is 4.79 Å². The summed E-state index contributed by atoms with van der Waals surface area (Å²) in [7, 11) is 0. The normalized spacial score (nSPS) is 10.7. The van der Waals surface area contributed by atoms with E-state index in [1.807, 2.05) is 91.0 Å². The highest BCUT2D eigenvalue weighted by Gasteiger charge is 2.25. The van der Waals surface area contributed by atoms with Gasteiger partial charge in [0, 0.05) is 11.1 Å². The molecule has 0 amide bonds. The Balaban J connectivity index is 2.07. The fraction of sp³-hybridized carbons (Fsp3) is 0. The predicted octanol–water partition coefficient (Wildman–Crippen LogP) is 5.59. The Hall–Kier alpha value is -3.17. The average molecular weight is 359 g/mol. The lowest BCUT2D eigenvalue weighted by Crippen LogP contribution is -2.00. The minimum atomic E-state index is -0.523. The summed E-state index contributed by atoms with van der Waals surface area (Å²) in [6.45, 7) is 0. The van der Waals surface area contributed by atoms with Crippen LogP contribution in [-0.4, -0.2) is 15.0 Å². The number of aromatic nitrogens is 2. The van der Waals surface area contributed by atoms with Gasteiger partial charge >= 0.3 is 0 Å². The highest BCUT2D eigenvalue weighted by atomic mass is 35.5. The molecule has 0 aliphatic carbocycles. The molecule has 0 aliphatic rings. The number of carbonyl (C=O) groups excluding carboxylic acids is 1. The van der Waals surface area contributed by atoms with Crippen LogP contribution in [0, 0.1) is 0 Å². The van der Waals surface area contributed by atoms with E-state index in [0.29, 0.717) is 17.0 Å². The molecule has 1 heterocycles. The smallest absolute Gasteiger partial charge is 0.256 e. The number of hydrogen-bond donors (Lipinski definition) is 0. The second-order valence-electron chi connectivity index (χ2n) is 5.83. The monoisotopic (exact) mass is 358 g/mol. The minimum Gasteiger partial charge on any atom is -0.275 e. The predicted molar refractivity (Wildman–Crippen MR) is 105 cm³/mol. The van der Waals surface area contributed by atoms with Crippen LogP contribution in [0.1, 0.15) is 10.4 Å². The molecule has 0 radical (unpaired) electrons. The van der Waals surface area contributed by atoms with Crippen molar-refractivity contribution >= 4 is 16.8 Å². The maximum absolute atomic E-state index is 12.4. The summed E-state index contributed by atoms with van der Waals surface area (Å²) < 4.78 is 1.78. The van der Waals surface area contributed by atoms with E-state index in [9.17, 15) is 4.79 Å². The lowest BCUT2D eigenvalue weighted by atomic mass is 10.0. The molecule has 0 unspecified atom stereocenters. The lowest BCUT2D eigenvalue weighted by molar-refractivity contribution is 0.108. The molecule has 0 saturated carbocycles. The zero-order valence-electron chi connectivity index (χ0n) is 13.8. The number of carbonyl (C=O) groups is 1. The van der Waals surface area contributed by atoms with Crippen LogP contribution >= 0.6 is 11.6 Å². The van der Waals surface area contributed by atoms with E-state index < -0.39 is 5.24 Å². The molecule has 3 aromatic carbocycles. The van der Waals surface area contributed by atoms with Crippen molar-refractivity contribution in [1.82, 2.24) is 9.78 Å². The van der Waals surface area contributed by atoms with Crippen LogP contribution in [0.3, 0.4) is 0 Å². The van der Waals surface area contributed by atoms with Crippen molar-refractivity contribution in [2.24, 2.45) is 0 Å². The van der Waals surface area contributed by atoms with Gasteiger partial charge in [0.15, 0.2) is 0 Å². The van der Waals surface area contributed by atoms with Crippen molar-refractivity contribution in [3.05, 3.63) is 96.6 Å². The zero-order chi connectivity index (χ0) is 17.9. The molecule has 0 fully saturated rings. The third-order valence-corrected chi connectivity index (χ3v) is 4.37. The quantitative estimate of drug-likeness (QED) is 0.446. The molecule has 4 rings (SSSR count). The van der Waals surface area contributed by atoms with Gasteiger partial charge in [-0.05, 0) is 23.7 Å². The molecular weight excluding hydrogens is 344 g/mol. The van der Waals surface area contributed by atoms with Crippen LogP contribution in [0.2, 0.25) is 0 Å². The summed E-state index contributed by atoms with van der Waals surface area (Å²) in [5.74, 6) is 0. The molecule has 26 heavy (non-hydrogen) atoms. The fourth-order valence-electron chi connectivity index (χ4n) is 3.02.